The zero-order valence-electron chi connectivity index (χ0n) is 16.2. The number of benzene rings is 2. The first-order valence-corrected chi connectivity index (χ1v) is 10.5. The predicted octanol–water partition coefficient (Wildman–Crippen LogP) is 4.85. The molecule has 0 saturated carbocycles. The summed E-state index contributed by atoms with van der Waals surface area (Å²) in [5, 5.41) is 0. The maximum absolute atomic E-state index is 13.1. The van der Waals surface area contributed by atoms with Crippen LogP contribution in [0.4, 0.5) is 13.2 Å². The smallest absolute Gasteiger partial charge is 0.465 e. The fourth-order valence-corrected chi connectivity index (χ4v) is 3.92. The fraction of sp³-hybridized carbons (Fsp3) is 0.286. The van der Waals surface area contributed by atoms with Gasteiger partial charge < -0.3 is 8.92 Å². The Balaban J connectivity index is 2.27. The molecule has 1 aliphatic carbocycles. The van der Waals surface area contributed by atoms with E-state index in [1.807, 2.05) is 0 Å². The molecule has 0 aromatic heterocycles. The minimum Gasteiger partial charge on any atom is -0.465 e. The molecule has 0 atom stereocenters. The van der Waals surface area contributed by atoms with E-state index < -0.39 is 21.6 Å². The molecule has 2 aromatic carbocycles. The number of allylic oxidation sites excluding steroid dienone is 1. The van der Waals surface area contributed by atoms with Crippen LogP contribution in [0.2, 0.25) is 0 Å². The van der Waals surface area contributed by atoms with Gasteiger partial charge in [-0.1, -0.05) is 30.3 Å². The van der Waals surface area contributed by atoms with Crippen molar-refractivity contribution in [3.63, 3.8) is 0 Å². The Morgan fingerprint density at radius 2 is 1.73 bits per heavy atom. The van der Waals surface area contributed by atoms with Crippen molar-refractivity contribution in [1.29, 1.82) is 0 Å². The van der Waals surface area contributed by atoms with Crippen molar-refractivity contribution in [3.8, 4) is 0 Å². The molecule has 160 valence electrons. The molecule has 3 rings (SSSR count). The van der Waals surface area contributed by atoms with Crippen LogP contribution in [0.1, 0.15) is 45.5 Å². The molecule has 30 heavy (non-hydrogen) atoms. The summed E-state index contributed by atoms with van der Waals surface area (Å²) in [7, 11) is -4.67. The SMILES string of the molecule is COC(=O)c1ccc2c(c1)CCCC(c1ccccc1C)=C2OS(=O)(=O)C(F)(F)F. The van der Waals surface area contributed by atoms with Crippen molar-refractivity contribution in [3.05, 3.63) is 70.3 Å². The highest BCUT2D eigenvalue weighted by atomic mass is 32.2. The van der Waals surface area contributed by atoms with Crippen LogP contribution in [-0.2, 0) is 25.5 Å². The van der Waals surface area contributed by atoms with E-state index in [9.17, 15) is 26.4 Å². The Labute approximate surface area is 172 Å². The number of aryl methyl sites for hydroxylation is 2. The average Bonchev–Trinajstić information content (AvgIpc) is 2.85. The Morgan fingerprint density at radius 3 is 2.37 bits per heavy atom. The van der Waals surface area contributed by atoms with E-state index in [4.69, 9.17) is 4.18 Å². The van der Waals surface area contributed by atoms with Crippen LogP contribution in [0, 0.1) is 6.92 Å². The number of hydrogen-bond acceptors (Lipinski definition) is 5. The Bertz CT molecular complexity index is 1120. The highest BCUT2D eigenvalue weighted by Crippen LogP contribution is 2.40. The third-order valence-corrected chi connectivity index (χ3v) is 5.82. The molecule has 0 spiro atoms. The average molecular weight is 440 g/mol. The number of alkyl halides is 3. The molecule has 0 aliphatic heterocycles. The van der Waals surface area contributed by atoms with Crippen molar-refractivity contribution >= 4 is 27.4 Å². The van der Waals surface area contributed by atoms with Crippen molar-refractivity contribution in [2.24, 2.45) is 0 Å². The van der Waals surface area contributed by atoms with Gasteiger partial charge in [-0.3, -0.25) is 0 Å². The minimum atomic E-state index is -5.89. The van der Waals surface area contributed by atoms with Gasteiger partial charge in [0, 0.05) is 11.1 Å². The highest BCUT2D eigenvalue weighted by Gasteiger charge is 2.49. The molecule has 5 nitrogen and oxygen atoms in total. The number of ether oxygens (including phenoxy) is 1. The van der Waals surface area contributed by atoms with Gasteiger partial charge in [0.25, 0.3) is 0 Å². The normalized spacial score (nSPS) is 14.7. The van der Waals surface area contributed by atoms with Crippen LogP contribution >= 0.6 is 0 Å². The third kappa shape index (κ3) is 4.21. The van der Waals surface area contributed by atoms with Crippen molar-refractivity contribution in [2.75, 3.05) is 7.11 Å². The van der Waals surface area contributed by atoms with Crippen molar-refractivity contribution < 1.29 is 35.3 Å². The van der Waals surface area contributed by atoms with Gasteiger partial charge in [-0.2, -0.15) is 21.6 Å². The first-order valence-electron chi connectivity index (χ1n) is 9.06. The molecule has 0 N–H and O–H groups in total. The number of fused-ring (bicyclic) bond motifs is 1. The maximum atomic E-state index is 13.1. The number of hydrogen-bond donors (Lipinski definition) is 0. The second kappa shape index (κ2) is 8.14. The van der Waals surface area contributed by atoms with Crippen LogP contribution in [0.3, 0.4) is 0 Å². The summed E-state index contributed by atoms with van der Waals surface area (Å²) in [6.07, 6.45) is 1.25. The number of esters is 1. The van der Waals surface area contributed by atoms with Gasteiger partial charge in [0.15, 0.2) is 5.76 Å². The predicted molar refractivity (Wildman–Crippen MR) is 105 cm³/mol. The molecule has 0 bridgehead atoms. The Kier molecular flexibility index (Phi) is 5.94. The Morgan fingerprint density at radius 1 is 1.03 bits per heavy atom. The van der Waals surface area contributed by atoms with Crippen LogP contribution in [0.5, 0.6) is 0 Å². The lowest BCUT2D eigenvalue weighted by atomic mass is 9.95. The summed E-state index contributed by atoms with van der Waals surface area (Å²) in [5.41, 5.74) is -2.91. The van der Waals surface area contributed by atoms with Gasteiger partial charge in [-0.05, 0) is 55.0 Å². The third-order valence-electron chi connectivity index (χ3n) is 4.86. The number of methoxy groups -OCH3 is 1. The lowest BCUT2D eigenvalue weighted by Gasteiger charge is -2.18. The lowest BCUT2D eigenvalue weighted by molar-refractivity contribution is -0.0509. The van der Waals surface area contributed by atoms with E-state index >= 15 is 0 Å². The first kappa shape index (κ1) is 21.9. The van der Waals surface area contributed by atoms with Crippen LogP contribution in [0.15, 0.2) is 42.5 Å². The molecule has 0 amide bonds. The number of halogens is 3. The van der Waals surface area contributed by atoms with Crippen LogP contribution < -0.4 is 0 Å². The van der Waals surface area contributed by atoms with Gasteiger partial charge >= 0.3 is 21.6 Å². The summed E-state index contributed by atoms with van der Waals surface area (Å²) in [4.78, 5) is 11.8. The second-order valence-corrected chi connectivity index (χ2v) is 8.36. The van der Waals surface area contributed by atoms with Gasteiger partial charge in [0.1, 0.15) is 0 Å². The molecule has 0 fully saturated rings. The zero-order chi connectivity index (χ0) is 22.1. The number of carbonyl (C=O) groups excluding carboxylic acids is 1. The molecule has 0 saturated heterocycles. The molecule has 0 heterocycles. The summed E-state index contributed by atoms with van der Waals surface area (Å²) in [6, 6.07) is 11.2. The molecule has 0 radical (unpaired) electrons. The number of carbonyl (C=O) groups is 1. The lowest BCUT2D eigenvalue weighted by Crippen LogP contribution is -2.25. The first-order chi connectivity index (χ1) is 14.0. The zero-order valence-corrected chi connectivity index (χ0v) is 17.1. The van der Waals surface area contributed by atoms with E-state index in [2.05, 4.69) is 4.74 Å². The Hall–Kier alpha value is -2.81. The monoisotopic (exact) mass is 440 g/mol. The maximum Gasteiger partial charge on any atom is 0.534 e. The van der Waals surface area contributed by atoms with Crippen molar-refractivity contribution in [1.82, 2.24) is 0 Å². The largest absolute Gasteiger partial charge is 0.534 e. The summed E-state index contributed by atoms with van der Waals surface area (Å²) in [6.45, 7) is 1.78. The highest BCUT2D eigenvalue weighted by molar-refractivity contribution is 7.87. The minimum absolute atomic E-state index is 0.200. The molecule has 9 heteroatoms. The molecular weight excluding hydrogens is 421 g/mol. The standard InChI is InChI=1S/C21H19F3O5S/c1-13-6-3-4-8-16(13)18-9-5-7-14-12-15(20(25)28-2)10-11-17(14)19(18)29-30(26,27)21(22,23)24/h3-4,6,8,10-12H,5,7,9H2,1-2H3. The topological polar surface area (TPSA) is 69.7 Å². The fourth-order valence-electron chi connectivity index (χ4n) is 3.42. The van der Waals surface area contributed by atoms with Gasteiger partial charge in [0.05, 0.1) is 12.7 Å². The van der Waals surface area contributed by atoms with E-state index in [0.29, 0.717) is 36.0 Å². The number of rotatable bonds is 4. The summed E-state index contributed by atoms with van der Waals surface area (Å²) in [5.74, 6) is -0.971. The van der Waals surface area contributed by atoms with E-state index in [0.717, 1.165) is 5.56 Å². The van der Waals surface area contributed by atoms with E-state index in [-0.39, 0.29) is 16.9 Å². The quantitative estimate of drug-likeness (QED) is 0.386. The van der Waals surface area contributed by atoms with E-state index in [1.54, 1.807) is 31.2 Å². The summed E-state index contributed by atoms with van der Waals surface area (Å²) >= 11 is 0. The molecule has 2 aromatic rings. The van der Waals surface area contributed by atoms with Crippen molar-refractivity contribution in [2.45, 2.75) is 31.7 Å². The van der Waals surface area contributed by atoms with Gasteiger partial charge in [-0.25, -0.2) is 4.79 Å². The second-order valence-electron chi connectivity index (χ2n) is 6.82. The van der Waals surface area contributed by atoms with Crippen LogP contribution in [-0.4, -0.2) is 27.0 Å². The molecule has 1 aliphatic rings. The van der Waals surface area contributed by atoms with Crippen LogP contribution in [0.25, 0.3) is 11.3 Å². The van der Waals surface area contributed by atoms with E-state index in [1.165, 1.54) is 25.3 Å². The van der Waals surface area contributed by atoms with Gasteiger partial charge in [0.2, 0.25) is 0 Å². The summed E-state index contributed by atoms with van der Waals surface area (Å²) < 4.78 is 72.4. The van der Waals surface area contributed by atoms with Gasteiger partial charge in [-0.15, -0.1) is 0 Å². The molecule has 0 unspecified atom stereocenters. The molecular formula is C21H19F3O5S.